The van der Waals surface area contributed by atoms with Crippen molar-refractivity contribution in [3.8, 4) is 0 Å². The average Bonchev–Trinajstić information content (AvgIpc) is 2.99. The van der Waals surface area contributed by atoms with Gasteiger partial charge in [0.1, 0.15) is 5.58 Å². The fourth-order valence-corrected chi connectivity index (χ4v) is 3.05. The van der Waals surface area contributed by atoms with Crippen LogP contribution in [0.2, 0.25) is 0 Å². The Bertz CT molecular complexity index is 839. The van der Waals surface area contributed by atoms with Crippen LogP contribution in [0, 0.1) is 6.92 Å². The van der Waals surface area contributed by atoms with E-state index in [2.05, 4.69) is 29.3 Å². The number of anilines is 1. The third kappa shape index (κ3) is 3.85. The maximum Gasteiger partial charge on any atom is 0.287 e. The molecule has 0 aliphatic heterocycles. The van der Waals surface area contributed by atoms with Gasteiger partial charge < -0.3 is 14.6 Å². The number of hydrogen-bond donors (Lipinski definition) is 1. The SMILES string of the molecule is CCN(CCCNC(=O)c1oc2ccccc2c1C)c1ccccc1. The number of carbonyl (C=O) groups is 1. The predicted octanol–water partition coefficient (Wildman–Crippen LogP) is 4.39. The lowest BCUT2D eigenvalue weighted by atomic mass is 10.1. The van der Waals surface area contributed by atoms with Gasteiger partial charge in [-0.05, 0) is 38.5 Å². The van der Waals surface area contributed by atoms with E-state index in [0.717, 1.165) is 36.0 Å². The molecule has 1 N–H and O–H groups in total. The van der Waals surface area contributed by atoms with Crippen molar-refractivity contribution in [2.75, 3.05) is 24.5 Å². The van der Waals surface area contributed by atoms with Crippen LogP contribution >= 0.6 is 0 Å². The Labute approximate surface area is 148 Å². The number of rotatable bonds is 7. The van der Waals surface area contributed by atoms with Crippen LogP contribution in [0.25, 0.3) is 11.0 Å². The van der Waals surface area contributed by atoms with Crippen molar-refractivity contribution >= 4 is 22.6 Å². The van der Waals surface area contributed by atoms with Gasteiger partial charge in [0.2, 0.25) is 0 Å². The Morgan fingerprint density at radius 2 is 1.80 bits per heavy atom. The van der Waals surface area contributed by atoms with Gasteiger partial charge in [0.25, 0.3) is 5.91 Å². The van der Waals surface area contributed by atoms with E-state index >= 15 is 0 Å². The number of hydrogen-bond acceptors (Lipinski definition) is 3. The van der Waals surface area contributed by atoms with Gasteiger partial charge in [0.05, 0.1) is 0 Å². The van der Waals surface area contributed by atoms with Crippen molar-refractivity contribution in [3.63, 3.8) is 0 Å². The van der Waals surface area contributed by atoms with Gasteiger partial charge in [-0.1, -0.05) is 36.4 Å². The second-order valence-electron chi connectivity index (χ2n) is 6.08. The number of nitrogens with one attached hydrogen (secondary N) is 1. The van der Waals surface area contributed by atoms with E-state index in [9.17, 15) is 4.79 Å². The van der Waals surface area contributed by atoms with Crippen molar-refractivity contribution in [2.45, 2.75) is 20.3 Å². The molecule has 3 aromatic rings. The normalized spacial score (nSPS) is 10.8. The zero-order valence-electron chi connectivity index (χ0n) is 14.8. The molecule has 0 saturated heterocycles. The zero-order valence-corrected chi connectivity index (χ0v) is 14.8. The fraction of sp³-hybridized carbons (Fsp3) is 0.286. The maximum absolute atomic E-state index is 12.4. The first-order chi connectivity index (χ1) is 12.2. The van der Waals surface area contributed by atoms with Gasteiger partial charge in [-0.25, -0.2) is 0 Å². The fourth-order valence-electron chi connectivity index (χ4n) is 3.05. The summed E-state index contributed by atoms with van der Waals surface area (Å²) in [6.45, 7) is 6.54. The lowest BCUT2D eigenvalue weighted by molar-refractivity contribution is 0.0927. The lowest BCUT2D eigenvalue weighted by Crippen LogP contribution is -2.30. The van der Waals surface area contributed by atoms with E-state index in [1.165, 1.54) is 5.69 Å². The molecule has 1 amide bonds. The number of aryl methyl sites for hydroxylation is 1. The molecule has 0 bridgehead atoms. The van der Waals surface area contributed by atoms with Crippen LogP contribution in [-0.2, 0) is 0 Å². The monoisotopic (exact) mass is 336 g/mol. The molecule has 3 rings (SSSR count). The molecule has 0 aliphatic rings. The van der Waals surface area contributed by atoms with Crippen molar-refractivity contribution in [1.82, 2.24) is 5.32 Å². The van der Waals surface area contributed by atoms with E-state index in [4.69, 9.17) is 4.42 Å². The van der Waals surface area contributed by atoms with Crippen molar-refractivity contribution in [2.24, 2.45) is 0 Å². The van der Waals surface area contributed by atoms with E-state index in [0.29, 0.717) is 12.3 Å². The molecule has 25 heavy (non-hydrogen) atoms. The zero-order chi connectivity index (χ0) is 17.6. The Morgan fingerprint density at radius 3 is 2.52 bits per heavy atom. The van der Waals surface area contributed by atoms with Crippen molar-refractivity contribution in [3.05, 3.63) is 65.9 Å². The number of furan rings is 1. The van der Waals surface area contributed by atoms with Crippen LogP contribution in [-0.4, -0.2) is 25.5 Å². The summed E-state index contributed by atoms with van der Waals surface area (Å²) in [5, 5.41) is 3.97. The predicted molar refractivity (Wildman–Crippen MR) is 102 cm³/mol. The Morgan fingerprint density at radius 1 is 1.08 bits per heavy atom. The molecule has 4 nitrogen and oxygen atoms in total. The minimum Gasteiger partial charge on any atom is -0.451 e. The minimum atomic E-state index is -0.142. The second-order valence-corrected chi connectivity index (χ2v) is 6.08. The summed E-state index contributed by atoms with van der Waals surface area (Å²) in [5.41, 5.74) is 2.86. The van der Waals surface area contributed by atoms with Crippen LogP contribution in [0.15, 0.2) is 59.0 Å². The number of para-hydroxylation sites is 2. The first-order valence-corrected chi connectivity index (χ1v) is 8.77. The highest BCUT2D eigenvalue weighted by Gasteiger charge is 2.16. The van der Waals surface area contributed by atoms with Crippen LogP contribution in [0.5, 0.6) is 0 Å². The highest BCUT2D eigenvalue weighted by Crippen LogP contribution is 2.24. The summed E-state index contributed by atoms with van der Waals surface area (Å²) in [6, 6.07) is 18.1. The third-order valence-electron chi connectivity index (χ3n) is 4.44. The highest BCUT2D eigenvalue weighted by molar-refractivity contribution is 5.98. The first-order valence-electron chi connectivity index (χ1n) is 8.77. The molecule has 0 radical (unpaired) electrons. The van der Waals surface area contributed by atoms with E-state index in [-0.39, 0.29) is 5.91 Å². The van der Waals surface area contributed by atoms with Gasteiger partial charge in [-0.3, -0.25) is 4.79 Å². The summed E-state index contributed by atoms with van der Waals surface area (Å²) < 4.78 is 5.71. The summed E-state index contributed by atoms with van der Waals surface area (Å²) in [4.78, 5) is 14.7. The van der Waals surface area contributed by atoms with Gasteiger partial charge in [-0.2, -0.15) is 0 Å². The molecule has 0 saturated carbocycles. The quantitative estimate of drug-likeness (QED) is 0.651. The molecule has 2 aromatic carbocycles. The topological polar surface area (TPSA) is 45.5 Å². The van der Waals surface area contributed by atoms with Gasteiger partial charge >= 0.3 is 0 Å². The smallest absolute Gasteiger partial charge is 0.287 e. The van der Waals surface area contributed by atoms with E-state index < -0.39 is 0 Å². The van der Waals surface area contributed by atoms with Crippen LogP contribution < -0.4 is 10.2 Å². The number of benzene rings is 2. The molecule has 0 fully saturated rings. The second kappa shape index (κ2) is 7.88. The van der Waals surface area contributed by atoms with Crippen LogP contribution in [0.4, 0.5) is 5.69 Å². The number of amides is 1. The van der Waals surface area contributed by atoms with Crippen molar-refractivity contribution in [1.29, 1.82) is 0 Å². The number of fused-ring (bicyclic) bond motifs is 1. The Hall–Kier alpha value is -2.75. The molecule has 0 aliphatic carbocycles. The minimum absolute atomic E-state index is 0.142. The summed E-state index contributed by atoms with van der Waals surface area (Å²) in [6.07, 6.45) is 0.883. The van der Waals surface area contributed by atoms with Gasteiger partial charge in [0.15, 0.2) is 5.76 Å². The van der Waals surface area contributed by atoms with Gasteiger partial charge in [-0.15, -0.1) is 0 Å². The molecule has 4 heteroatoms. The molecule has 0 atom stereocenters. The summed E-state index contributed by atoms with van der Waals surface area (Å²) in [5.74, 6) is 0.271. The lowest BCUT2D eigenvalue weighted by Gasteiger charge is -2.23. The molecule has 0 unspecified atom stereocenters. The van der Waals surface area contributed by atoms with Gasteiger partial charge in [0, 0.05) is 36.3 Å². The highest BCUT2D eigenvalue weighted by atomic mass is 16.3. The number of nitrogens with zero attached hydrogens (tertiary/aromatic N) is 1. The van der Waals surface area contributed by atoms with E-state index in [1.807, 2.05) is 49.4 Å². The first kappa shape index (κ1) is 17.1. The molecule has 0 spiro atoms. The molecule has 1 aromatic heterocycles. The molecular formula is C21H24N2O2. The van der Waals surface area contributed by atoms with Crippen LogP contribution in [0.1, 0.15) is 29.5 Å². The summed E-state index contributed by atoms with van der Waals surface area (Å²) in [7, 11) is 0. The van der Waals surface area contributed by atoms with E-state index in [1.54, 1.807) is 0 Å². The third-order valence-corrected chi connectivity index (χ3v) is 4.44. The Kier molecular flexibility index (Phi) is 5.39. The molecule has 1 heterocycles. The summed E-state index contributed by atoms with van der Waals surface area (Å²) >= 11 is 0. The van der Waals surface area contributed by atoms with Crippen molar-refractivity contribution < 1.29 is 9.21 Å². The standard InChI is InChI=1S/C21H24N2O2/c1-3-23(17-10-5-4-6-11-17)15-9-14-22-21(24)20-16(2)18-12-7-8-13-19(18)25-20/h4-8,10-13H,3,9,14-15H2,1-2H3,(H,22,24). The molecule has 130 valence electrons. The maximum atomic E-state index is 12.4. The Balaban J connectivity index is 1.54. The number of carbonyl (C=O) groups excluding carboxylic acids is 1. The average molecular weight is 336 g/mol. The largest absolute Gasteiger partial charge is 0.451 e. The van der Waals surface area contributed by atoms with Crippen LogP contribution in [0.3, 0.4) is 0 Å². The molecular weight excluding hydrogens is 312 g/mol.